The van der Waals surface area contributed by atoms with Crippen LogP contribution in [-0.4, -0.2) is 0 Å². The first-order valence-electron chi connectivity index (χ1n) is 4.05. The second-order valence-electron chi connectivity index (χ2n) is 2.75. The predicted molar refractivity (Wildman–Crippen MR) is 54.4 cm³/mol. The van der Waals surface area contributed by atoms with Gasteiger partial charge in [-0.25, -0.2) is 0 Å². The molecule has 1 radical (unpaired) electrons. The molecule has 0 saturated carbocycles. The molecule has 1 aromatic heterocycles. The SMILES string of the molecule is Cc1ccccc1Oc1[c]scc1. The van der Waals surface area contributed by atoms with Crippen LogP contribution in [-0.2, 0) is 0 Å². The van der Waals surface area contributed by atoms with Crippen molar-refractivity contribution in [2.75, 3.05) is 0 Å². The van der Waals surface area contributed by atoms with Gasteiger partial charge >= 0.3 is 0 Å². The summed E-state index contributed by atoms with van der Waals surface area (Å²) in [6, 6.07) is 9.87. The first-order valence-corrected chi connectivity index (χ1v) is 4.93. The van der Waals surface area contributed by atoms with E-state index in [1.165, 1.54) is 11.3 Å². The molecule has 0 atom stereocenters. The Kier molecular flexibility index (Phi) is 2.32. The molecule has 1 nitrogen and oxygen atoms in total. The molecule has 0 unspecified atom stereocenters. The van der Waals surface area contributed by atoms with Crippen LogP contribution >= 0.6 is 11.3 Å². The lowest BCUT2D eigenvalue weighted by Crippen LogP contribution is -1.84. The molecule has 0 amide bonds. The molecule has 2 heteroatoms. The van der Waals surface area contributed by atoms with Crippen molar-refractivity contribution in [1.29, 1.82) is 0 Å². The van der Waals surface area contributed by atoms with Gasteiger partial charge in [-0.3, -0.25) is 0 Å². The van der Waals surface area contributed by atoms with Gasteiger partial charge < -0.3 is 4.74 Å². The third-order valence-corrected chi connectivity index (χ3v) is 2.35. The van der Waals surface area contributed by atoms with Crippen LogP contribution in [0.4, 0.5) is 0 Å². The number of hydrogen-bond acceptors (Lipinski definition) is 2. The highest BCUT2D eigenvalue weighted by atomic mass is 32.1. The van der Waals surface area contributed by atoms with Gasteiger partial charge in [-0.2, -0.15) is 0 Å². The van der Waals surface area contributed by atoms with Crippen LogP contribution in [0.3, 0.4) is 0 Å². The second kappa shape index (κ2) is 3.62. The minimum absolute atomic E-state index is 0.791. The van der Waals surface area contributed by atoms with Crippen LogP contribution in [0.25, 0.3) is 0 Å². The molecule has 0 aliphatic rings. The number of para-hydroxylation sites is 1. The van der Waals surface area contributed by atoms with Crippen LogP contribution in [0.2, 0.25) is 0 Å². The Morgan fingerprint density at radius 2 is 2.08 bits per heavy atom. The molecule has 0 spiro atoms. The van der Waals surface area contributed by atoms with Gasteiger partial charge in [0.1, 0.15) is 11.5 Å². The molecule has 0 N–H and O–H groups in total. The fraction of sp³-hybridized carbons (Fsp3) is 0.0909. The van der Waals surface area contributed by atoms with Crippen molar-refractivity contribution < 1.29 is 4.74 Å². The summed E-state index contributed by atoms with van der Waals surface area (Å²) in [5.41, 5.74) is 1.14. The molecule has 2 rings (SSSR count). The number of rotatable bonds is 2. The number of thiophene rings is 1. The van der Waals surface area contributed by atoms with Gasteiger partial charge in [0.25, 0.3) is 0 Å². The average molecular weight is 189 g/mol. The Morgan fingerprint density at radius 1 is 1.23 bits per heavy atom. The maximum absolute atomic E-state index is 5.60. The van der Waals surface area contributed by atoms with Crippen LogP contribution in [0.1, 0.15) is 5.56 Å². The quantitative estimate of drug-likeness (QED) is 0.700. The van der Waals surface area contributed by atoms with Gasteiger partial charge in [0.2, 0.25) is 0 Å². The Morgan fingerprint density at radius 3 is 2.77 bits per heavy atom. The Bertz CT molecular complexity index is 379. The van der Waals surface area contributed by atoms with Crippen LogP contribution < -0.4 is 4.74 Å². The lowest BCUT2D eigenvalue weighted by atomic mass is 10.2. The summed E-state index contributed by atoms with van der Waals surface area (Å²) in [5, 5.41) is 4.98. The summed E-state index contributed by atoms with van der Waals surface area (Å²) in [6.07, 6.45) is 0. The van der Waals surface area contributed by atoms with Crippen molar-refractivity contribution in [1.82, 2.24) is 0 Å². The molecular weight excluding hydrogens is 180 g/mol. The van der Waals surface area contributed by atoms with Gasteiger partial charge in [-0.1, -0.05) is 18.2 Å². The maximum atomic E-state index is 5.60. The molecule has 0 bridgehead atoms. The molecule has 1 aromatic carbocycles. The zero-order chi connectivity index (χ0) is 9.10. The maximum Gasteiger partial charge on any atom is 0.146 e. The first-order chi connectivity index (χ1) is 6.36. The number of hydrogen-bond donors (Lipinski definition) is 0. The van der Waals surface area contributed by atoms with E-state index in [1.807, 2.05) is 42.6 Å². The molecule has 13 heavy (non-hydrogen) atoms. The largest absolute Gasteiger partial charge is 0.456 e. The van der Waals surface area contributed by atoms with E-state index in [1.54, 1.807) is 0 Å². The molecule has 0 saturated heterocycles. The smallest absolute Gasteiger partial charge is 0.146 e. The molecule has 0 aliphatic carbocycles. The standard InChI is InChI=1S/C11H9OS/c1-9-4-2-3-5-11(9)12-10-6-7-13-8-10/h2-7H,1H3. The highest BCUT2D eigenvalue weighted by Crippen LogP contribution is 2.25. The Labute approximate surface area is 81.6 Å². The number of aryl methyl sites for hydroxylation is 1. The summed E-state index contributed by atoms with van der Waals surface area (Å²) in [7, 11) is 0. The molecule has 65 valence electrons. The summed E-state index contributed by atoms with van der Waals surface area (Å²) in [5.74, 6) is 1.69. The zero-order valence-corrected chi connectivity index (χ0v) is 8.10. The zero-order valence-electron chi connectivity index (χ0n) is 7.28. The van der Waals surface area contributed by atoms with Gasteiger partial charge in [0, 0.05) is 0 Å². The lowest BCUT2D eigenvalue weighted by molar-refractivity contribution is 0.480. The van der Waals surface area contributed by atoms with E-state index in [0.29, 0.717) is 0 Å². The molecule has 0 aliphatic heterocycles. The van der Waals surface area contributed by atoms with Crippen molar-refractivity contribution in [2.45, 2.75) is 6.92 Å². The Balaban J connectivity index is 2.24. The summed E-state index contributed by atoms with van der Waals surface area (Å²) < 4.78 is 5.60. The summed E-state index contributed by atoms with van der Waals surface area (Å²) >= 11 is 1.51. The fourth-order valence-electron chi connectivity index (χ4n) is 1.07. The van der Waals surface area contributed by atoms with E-state index < -0.39 is 0 Å². The number of ether oxygens (including phenoxy) is 1. The molecule has 2 aromatic rings. The van der Waals surface area contributed by atoms with Crippen molar-refractivity contribution in [3.63, 3.8) is 0 Å². The monoisotopic (exact) mass is 189 g/mol. The van der Waals surface area contributed by atoms with Crippen molar-refractivity contribution in [3.05, 3.63) is 46.7 Å². The summed E-state index contributed by atoms with van der Waals surface area (Å²) in [4.78, 5) is 0. The minimum atomic E-state index is 0.791. The van der Waals surface area contributed by atoms with Gasteiger partial charge in [-0.15, -0.1) is 11.3 Å². The first kappa shape index (κ1) is 8.32. The fourth-order valence-corrected chi connectivity index (χ4v) is 1.55. The highest BCUT2D eigenvalue weighted by molar-refractivity contribution is 7.07. The topological polar surface area (TPSA) is 9.23 Å². The van der Waals surface area contributed by atoms with E-state index in [2.05, 4.69) is 5.38 Å². The molecule has 0 fully saturated rings. The van der Waals surface area contributed by atoms with E-state index in [4.69, 9.17) is 4.74 Å². The van der Waals surface area contributed by atoms with Crippen molar-refractivity contribution in [2.24, 2.45) is 0 Å². The molecule has 1 heterocycles. The Hall–Kier alpha value is -1.28. The van der Waals surface area contributed by atoms with Gasteiger partial charge in [-0.05, 0) is 30.0 Å². The third kappa shape index (κ3) is 1.90. The van der Waals surface area contributed by atoms with Crippen LogP contribution in [0.5, 0.6) is 11.5 Å². The summed E-state index contributed by atoms with van der Waals surface area (Å²) in [6.45, 7) is 2.03. The van der Waals surface area contributed by atoms with E-state index in [0.717, 1.165) is 17.1 Å². The van der Waals surface area contributed by atoms with E-state index in [-0.39, 0.29) is 0 Å². The lowest BCUT2D eigenvalue weighted by Gasteiger charge is -2.04. The highest BCUT2D eigenvalue weighted by Gasteiger charge is 1.99. The third-order valence-electron chi connectivity index (χ3n) is 1.76. The van der Waals surface area contributed by atoms with E-state index >= 15 is 0 Å². The van der Waals surface area contributed by atoms with Crippen LogP contribution in [0.15, 0.2) is 35.7 Å². The second-order valence-corrected chi connectivity index (χ2v) is 3.47. The van der Waals surface area contributed by atoms with Gasteiger partial charge in [0.05, 0.1) is 5.38 Å². The number of benzene rings is 1. The normalized spacial score (nSPS) is 9.92. The minimum Gasteiger partial charge on any atom is -0.456 e. The molecular formula is C11H9OS. The van der Waals surface area contributed by atoms with Crippen molar-refractivity contribution in [3.8, 4) is 11.5 Å². The van der Waals surface area contributed by atoms with Gasteiger partial charge in [0.15, 0.2) is 0 Å². The predicted octanol–water partition coefficient (Wildman–Crippen LogP) is 3.65. The van der Waals surface area contributed by atoms with Crippen molar-refractivity contribution >= 4 is 11.3 Å². The average Bonchev–Trinajstić information content (AvgIpc) is 2.61. The van der Waals surface area contributed by atoms with Crippen LogP contribution in [0, 0.1) is 12.3 Å². The van der Waals surface area contributed by atoms with E-state index in [9.17, 15) is 0 Å².